The third kappa shape index (κ3) is 3.69. The SMILES string of the molecule is CC(C)c1cnnn1-c1cccc(NS(=O)(=O)c2ccc(F)cc2)c1. The summed E-state index contributed by atoms with van der Waals surface area (Å²) in [5.74, 6) is -0.275. The standard InChI is InChI=1S/C17H17FN4O2S/c1-12(2)17-11-19-21-22(17)15-5-3-4-14(10-15)20-25(23,24)16-8-6-13(18)7-9-16/h3-12,20H,1-2H3. The minimum absolute atomic E-state index is 0.0112. The second-order valence-corrected chi connectivity index (χ2v) is 7.52. The largest absolute Gasteiger partial charge is 0.280 e. The molecule has 8 heteroatoms. The number of hydrogen-bond donors (Lipinski definition) is 1. The maximum Gasteiger partial charge on any atom is 0.261 e. The van der Waals surface area contributed by atoms with Crippen molar-refractivity contribution in [3.05, 3.63) is 66.2 Å². The minimum atomic E-state index is -3.80. The van der Waals surface area contributed by atoms with Gasteiger partial charge in [-0.05, 0) is 48.4 Å². The molecule has 2 aromatic carbocycles. The molecule has 0 atom stereocenters. The number of halogens is 1. The van der Waals surface area contributed by atoms with E-state index in [1.165, 1.54) is 12.1 Å². The first kappa shape index (κ1) is 17.1. The summed E-state index contributed by atoms with van der Waals surface area (Å²) in [5, 5.41) is 7.98. The van der Waals surface area contributed by atoms with Gasteiger partial charge >= 0.3 is 0 Å². The second kappa shape index (κ2) is 6.64. The number of nitrogens with zero attached hydrogens (tertiary/aromatic N) is 3. The fourth-order valence-corrected chi connectivity index (χ4v) is 3.42. The van der Waals surface area contributed by atoms with Crippen LogP contribution in [-0.2, 0) is 10.0 Å². The third-order valence-electron chi connectivity index (χ3n) is 3.63. The highest BCUT2D eigenvalue weighted by atomic mass is 32.2. The maximum atomic E-state index is 13.0. The van der Waals surface area contributed by atoms with Crippen LogP contribution in [0.4, 0.5) is 10.1 Å². The zero-order chi connectivity index (χ0) is 18.0. The molecule has 1 N–H and O–H groups in total. The number of benzene rings is 2. The van der Waals surface area contributed by atoms with Crippen molar-refractivity contribution in [2.24, 2.45) is 0 Å². The van der Waals surface area contributed by atoms with E-state index in [0.29, 0.717) is 11.4 Å². The van der Waals surface area contributed by atoms with Crippen LogP contribution in [0.1, 0.15) is 25.5 Å². The van der Waals surface area contributed by atoms with E-state index in [-0.39, 0.29) is 10.8 Å². The fourth-order valence-electron chi connectivity index (χ4n) is 2.37. The summed E-state index contributed by atoms with van der Waals surface area (Å²) < 4.78 is 42.0. The lowest BCUT2D eigenvalue weighted by Gasteiger charge is -2.12. The Bertz CT molecular complexity index is 982. The first-order valence-electron chi connectivity index (χ1n) is 7.66. The fraction of sp³-hybridized carbons (Fsp3) is 0.176. The first-order chi connectivity index (χ1) is 11.9. The van der Waals surface area contributed by atoms with Gasteiger partial charge in [0, 0.05) is 0 Å². The Labute approximate surface area is 145 Å². The van der Waals surface area contributed by atoms with E-state index in [2.05, 4.69) is 15.0 Å². The van der Waals surface area contributed by atoms with Gasteiger partial charge in [0.15, 0.2) is 0 Å². The van der Waals surface area contributed by atoms with Crippen molar-refractivity contribution in [1.29, 1.82) is 0 Å². The van der Waals surface area contributed by atoms with Gasteiger partial charge in [0.1, 0.15) is 5.82 Å². The summed E-state index contributed by atoms with van der Waals surface area (Å²) in [4.78, 5) is -0.0112. The van der Waals surface area contributed by atoms with Gasteiger partial charge in [-0.1, -0.05) is 25.1 Å². The molecule has 0 bridgehead atoms. The van der Waals surface area contributed by atoms with E-state index in [1.54, 1.807) is 29.1 Å². The van der Waals surface area contributed by atoms with Crippen molar-refractivity contribution >= 4 is 15.7 Å². The highest BCUT2D eigenvalue weighted by Crippen LogP contribution is 2.22. The molecular weight excluding hydrogens is 343 g/mol. The van der Waals surface area contributed by atoms with Crippen molar-refractivity contribution < 1.29 is 12.8 Å². The van der Waals surface area contributed by atoms with Crippen LogP contribution in [0.25, 0.3) is 5.69 Å². The van der Waals surface area contributed by atoms with Crippen LogP contribution in [0, 0.1) is 5.82 Å². The molecule has 0 amide bonds. The van der Waals surface area contributed by atoms with Crippen LogP contribution in [-0.4, -0.2) is 23.4 Å². The Morgan fingerprint density at radius 3 is 2.52 bits per heavy atom. The number of hydrogen-bond acceptors (Lipinski definition) is 4. The summed E-state index contributed by atoms with van der Waals surface area (Å²) in [6.07, 6.45) is 1.68. The Balaban J connectivity index is 1.92. The third-order valence-corrected chi connectivity index (χ3v) is 5.03. The van der Waals surface area contributed by atoms with Gasteiger partial charge in [-0.2, -0.15) is 0 Å². The number of anilines is 1. The lowest BCUT2D eigenvalue weighted by atomic mass is 10.1. The summed E-state index contributed by atoms with van der Waals surface area (Å²) in [5.41, 5.74) is 1.99. The number of rotatable bonds is 5. The van der Waals surface area contributed by atoms with Crippen molar-refractivity contribution in [3.63, 3.8) is 0 Å². The first-order valence-corrected chi connectivity index (χ1v) is 9.14. The molecule has 0 aliphatic heterocycles. The van der Waals surface area contributed by atoms with Crippen molar-refractivity contribution in [2.75, 3.05) is 4.72 Å². The number of nitrogens with one attached hydrogen (secondary N) is 1. The molecule has 130 valence electrons. The van der Waals surface area contributed by atoms with Gasteiger partial charge in [-0.25, -0.2) is 17.5 Å². The monoisotopic (exact) mass is 360 g/mol. The molecule has 0 saturated heterocycles. The van der Waals surface area contributed by atoms with Crippen LogP contribution in [0.5, 0.6) is 0 Å². The van der Waals surface area contributed by atoms with E-state index in [1.807, 2.05) is 19.9 Å². The molecule has 0 unspecified atom stereocenters. The summed E-state index contributed by atoms with van der Waals surface area (Å²) in [6.45, 7) is 4.05. The molecule has 1 aromatic heterocycles. The molecule has 1 heterocycles. The molecule has 3 rings (SSSR count). The smallest absolute Gasteiger partial charge is 0.261 e. The zero-order valence-corrected chi connectivity index (χ0v) is 14.5. The molecule has 0 aliphatic rings. The van der Waals surface area contributed by atoms with Gasteiger partial charge in [0.2, 0.25) is 0 Å². The topological polar surface area (TPSA) is 76.9 Å². The van der Waals surface area contributed by atoms with Gasteiger partial charge in [-0.15, -0.1) is 5.10 Å². The molecule has 3 aromatic rings. The van der Waals surface area contributed by atoms with E-state index in [0.717, 1.165) is 17.8 Å². The van der Waals surface area contributed by atoms with Crippen molar-refractivity contribution in [3.8, 4) is 5.69 Å². The van der Waals surface area contributed by atoms with Crippen LogP contribution in [0.3, 0.4) is 0 Å². The Hall–Kier alpha value is -2.74. The second-order valence-electron chi connectivity index (χ2n) is 5.84. The predicted molar refractivity (Wildman–Crippen MR) is 92.7 cm³/mol. The van der Waals surface area contributed by atoms with E-state index < -0.39 is 15.8 Å². The highest BCUT2D eigenvalue weighted by molar-refractivity contribution is 7.92. The Kier molecular flexibility index (Phi) is 4.54. The van der Waals surface area contributed by atoms with E-state index in [9.17, 15) is 12.8 Å². The zero-order valence-electron chi connectivity index (χ0n) is 13.7. The average molecular weight is 360 g/mol. The Morgan fingerprint density at radius 1 is 1.12 bits per heavy atom. The normalized spacial score (nSPS) is 11.7. The van der Waals surface area contributed by atoms with E-state index in [4.69, 9.17) is 0 Å². The number of aromatic nitrogens is 3. The van der Waals surface area contributed by atoms with Crippen LogP contribution < -0.4 is 4.72 Å². The molecule has 0 radical (unpaired) electrons. The van der Waals surface area contributed by atoms with Gasteiger partial charge < -0.3 is 0 Å². The molecule has 0 saturated carbocycles. The van der Waals surface area contributed by atoms with Crippen molar-refractivity contribution in [2.45, 2.75) is 24.7 Å². The Morgan fingerprint density at radius 2 is 1.84 bits per heavy atom. The van der Waals surface area contributed by atoms with Gasteiger partial charge in [0.05, 0.1) is 28.2 Å². The average Bonchev–Trinajstić information content (AvgIpc) is 3.05. The molecular formula is C17H17FN4O2S. The molecule has 0 fully saturated rings. The number of sulfonamides is 1. The van der Waals surface area contributed by atoms with Crippen LogP contribution in [0.2, 0.25) is 0 Å². The summed E-state index contributed by atoms with van der Waals surface area (Å²) in [6, 6.07) is 11.5. The van der Waals surface area contributed by atoms with Crippen LogP contribution >= 0.6 is 0 Å². The molecule has 0 spiro atoms. The van der Waals surface area contributed by atoms with E-state index >= 15 is 0 Å². The molecule has 0 aliphatic carbocycles. The summed E-state index contributed by atoms with van der Waals surface area (Å²) >= 11 is 0. The van der Waals surface area contributed by atoms with Gasteiger partial charge in [0.25, 0.3) is 10.0 Å². The lowest BCUT2D eigenvalue weighted by molar-refractivity contribution is 0.599. The quantitative estimate of drug-likeness (QED) is 0.757. The summed E-state index contributed by atoms with van der Waals surface area (Å²) in [7, 11) is -3.80. The van der Waals surface area contributed by atoms with Gasteiger partial charge in [-0.3, -0.25) is 4.72 Å². The molecule has 6 nitrogen and oxygen atoms in total. The lowest BCUT2D eigenvalue weighted by Crippen LogP contribution is -2.13. The molecule has 25 heavy (non-hydrogen) atoms. The van der Waals surface area contributed by atoms with Crippen LogP contribution in [0.15, 0.2) is 59.6 Å². The highest BCUT2D eigenvalue weighted by Gasteiger charge is 2.15. The predicted octanol–water partition coefficient (Wildman–Crippen LogP) is 3.33. The minimum Gasteiger partial charge on any atom is -0.280 e. The maximum absolute atomic E-state index is 13.0. The van der Waals surface area contributed by atoms with Crippen molar-refractivity contribution in [1.82, 2.24) is 15.0 Å².